The van der Waals surface area contributed by atoms with E-state index in [2.05, 4.69) is 20.4 Å². The van der Waals surface area contributed by atoms with Gasteiger partial charge in [-0.15, -0.1) is 0 Å². The number of nitrogens with zero attached hydrogens (tertiary/aromatic N) is 4. The molecule has 0 saturated carbocycles. The van der Waals surface area contributed by atoms with E-state index in [1.54, 1.807) is 30.3 Å². The van der Waals surface area contributed by atoms with Crippen LogP contribution in [0.15, 0.2) is 47.7 Å². The lowest BCUT2D eigenvalue weighted by atomic mass is 10.1. The van der Waals surface area contributed by atoms with Crippen LogP contribution in [-0.4, -0.2) is 50.6 Å². The number of amidine groups is 1. The monoisotopic (exact) mass is 365 g/mol. The molecule has 0 amide bonds. The van der Waals surface area contributed by atoms with Crippen LogP contribution < -0.4 is 10.1 Å². The van der Waals surface area contributed by atoms with E-state index in [1.807, 2.05) is 0 Å². The number of ether oxygens (including phenoxy) is 1. The minimum Gasteiger partial charge on any atom is -0.481 e. The summed E-state index contributed by atoms with van der Waals surface area (Å²) in [5.41, 5.74) is 2.00. The van der Waals surface area contributed by atoms with E-state index >= 15 is 0 Å². The molecule has 9 nitrogen and oxygen atoms in total. The van der Waals surface area contributed by atoms with Crippen LogP contribution in [0, 0.1) is 0 Å². The summed E-state index contributed by atoms with van der Waals surface area (Å²) in [7, 11) is 0. The number of carbonyl (C=O) groups excluding carboxylic acids is 1. The molecule has 1 aromatic carbocycles. The standard InChI is InChI=1S/C18H15N5O4/c24-15(25)9-13-5-6-14(17-21-10-22-23(13)17)27-18(26)12-3-1-11(2-4-12)16-19-7-8-20-16/h1-6,10H,7-9H2,(H,19,20)(H,24,25). The summed E-state index contributed by atoms with van der Waals surface area (Å²) in [5, 5.41) is 16.1. The van der Waals surface area contributed by atoms with Crippen LogP contribution in [0.4, 0.5) is 0 Å². The maximum absolute atomic E-state index is 12.5. The van der Waals surface area contributed by atoms with Crippen molar-refractivity contribution in [2.75, 3.05) is 13.1 Å². The van der Waals surface area contributed by atoms with Gasteiger partial charge in [0.25, 0.3) is 0 Å². The summed E-state index contributed by atoms with van der Waals surface area (Å²) in [5.74, 6) is -0.511. The summed E-state index contributed by atoms with van der Waals surface area (Å²) in [4.78, 5) is 31.8. The Kier molecular flexibility index (Phi) is 4.25. The average molecular weight is 365 g/mol. The Morgan fingerprint density at radius 1 is 1.19 bits per heavy atom. The Hall–Kier alpha value is -3.75. The molecule has 0 fully saturated rings. The lowest BCUT2D eigenvalue weighted by molar-refractivity contribution is -0.136. The van der Waals surface area contributed by atoms with Gasteiger partial charge in [0.05, 0.1) is 24.2 Å². The van der Waals surface area contributed by atoms with Crippen LogP contribution in [0.2, 0.25) is 0 Å². The Labute approximate surface area is 153 Å². The van der Waals surface area contributed by atoms with Crippen molar-refractivity contribution in [2.45, 2.75) is 6.42 Å². The van der Waals surface area contributed by atoms with Gasteiger partial charge < -0.3 is 15.2 Å². The number of nitrogens with one attached hydrogen (secondary N) is 1. The third-order valence-corrected chi connectivity index (χ3v) is 4.07. The summed E-state index contributed by atoms with van der Waals surface area (Å²) in [6.07, 6.45) is 1.07. The van der Waals surface area contributed by atoms with Crippen LogP contribution >= 0.6 is 0 Å². The van der Waals surface area contributed by atoms with Crippen LogP contribution in [0.3, 0.4) is 0 Å². The van der Waals surface area contributed by atoms with E-state index in [-0.39, 0.29) is 17.8 Å². The molecule has 0 atom stereocenters. The molecule has 0 bridgehead atoms. The number of aliphatic imine (C=N–C) groups is 1. The molecule has 2 aromatic heterocycles. The van der Waals surface area contributed by atoms with E-state index in [9.17, 15) is 9.59 Å². The number of rotatable bonds is 5. The number of fused-ring (bicyclic) bond motifs is 1. The highest BCUT2D eigenvalue weighted by atomic mass is 16.5. The first-order chi connectivity index (χ1) is 13.1. The first-order valence-corrected chi connectivity index (χ1v) is 8.26. The molecule has 0 aliphatic carbocycles. The third-order valence-electron chi connectivity index (χ3n) is 4.07. The molecule has 3 heterocycles. The highest BCUT2D eigenvalue weighted by Crippen LogP contribution is 2.21. The SMILES string of the molecule is O=C(O)Cc1ccc(OC(=O)c2ccc(C3=NCCN3)cc2)c2ncnn12. The van der Waals surface area contributed by atoms with E-state index in [0.29, 0.717) is 11.3 Å². The van der Waals surface area contributed by atoms with Crippen LogP contribution in [0.1, 0.15) is 21.6 Å². The number of hydrogen-bond donors (Lipinski definition) is 2. The van der Waals surface area contributed by atoms with Crippen molar-refractivity contribution in [3.05, 3.63) is 59.5 Å². The van der Waals surface area contributed by atoms with E-state index < -0.39 is 11.9 Å². The lowest BCUT2D eigenvalue weighted by Crippen LogP contribution is -2.19. The minimum atomic E-state index is -0.988. The molecule has 4 rings (SSSR count). The first-order valence-electron chi connectivity index (χ1n) is 8.26. The van der Waals surface area contributed by atoms with Crippen molar-refractivity contribution in [2.24, 2.45) is 4.99 Å². The van der Waals surface area contributed by atoms with Gasteiger partial charge >= 0.3 is 11.9 Å². The zero-order valence-corrected chi connectivity index (χ0v) is 14.1. The predicted molar refractivity (Wildman–Crippen MR) is 95.1 cm³/mol. The Bertz CT molecular complexity index is 1060. The first kappa shape index (κ1) is 16.7. The summed E-state index contributed by atoms with van der Waals surface area (Å²) in [6, 6.07) is 10.0. The van der Waals surface area contributed by atoms with Crippen LogP contribution in [0.25, 0.3) is 5.65 Å². The lowest BCUT2D eigenvalue weighted by Gasteiger charge is -2.08. The Morgan fingerprint density at radius 2 is 2.00 bits per heavy atom. The van der Waals surface area contributed by atoms with Crippen LogP contribution in [0.5, 0.6) is 5.75 Å². The zero-order valence-electron chi connectivity index (χ0n) is 14.1. The molecule has 0 saturated heterocycles. The molecule has 2 N–H and O–H groups in total. The summed E-state index contributed by atoms with van der Waals surface area (Å²) >= 11 is 0. The molecule has 136 valence electrons. The third kappa shape index (κ3) is 3.34. The minimum absolute atomic E-state index is 0.206. The van der Waals surface area contributed by atoms with Gasteiger partial charge in [0.15, 0.2) is 11.4 Å². The molecule has 1 aliphatic rings. The number of carboxylic acid groups (broad SMARTS) is 1. The topological polar surface area (TPSA) is 118 Å². The number of hydrogen-bond acceptors (Lipinski definition) is 7. The molecule has 0 radical (unpaired) electrons. The summed E-state index contributed by atoms with van der Waals surface area (Å²) in [6.45, 7) is 1.55. The van der Waals surface area contributed by atoms with Gasteiger partial charge in [-0.05, 0) is 24.3 Å². The van der Waals surface area contributed by atoms with Crippen molar-refractivity contribution < 1.29 is 19.4 Å². The number of carboxylic acids is 1. The number of pyridine rings is 1. The van der Waals surface area contributed by atoms with Gasteiger partial charge in [-0.25, -0.2) is 14.3 Å². The van der Waals surface area contributed by atoms with Gasteiger partial charge in [0.2, 0.25) is 0 Å². The highest BCUT2D eigenvalue weighted by molar-refractivity contribution is 6.00. The molecule has 9 heteroatoms. The quantitative estimate of drug-likeness (QED) is 0.646. The van der Waals surface area contributed by atoms with Crippen molar-refractivity contribution in [1.29, 1.82) is 0 Å². The van der Waals surface area contributed by atoms with E-state index in [0.717, 1.165) is 24.5 Å². The maximum atomic E-state index is 12.5. The van der Waals surface area contributed by atoms with Crippen molar-refractivity contribution in [1.82, 2.24) is 19.9 Å². The van der Waals surface area contributed by atoms with Gasteiger partial charge in [-0.1, -0.05) is 12.1 Å². The molecule has 1 aliphatic heterocycles. The molecular weight excluding hydrogens is 350 g/mol. The second-order valence-corrected chi connectivity index (χ2v) is 5.88. The normalized spacial score (nSPS) is 13.3. The predicted octanol–water partition coefficient (Wildman–Crippen LogP) is 0.925. The molecular formula is C18H15N5O4. The van der Waals surface area contributed by atoms with E-state index in [1.165, 1.54) is 16.9 Å². The van der Waals surface area contributed by atoms with Crippen molar-refractivity contribution in [3.63, 3.8) is 0 Å². The smallest absolute Gasteiger partial charge is 0.343 e. The molecule has 0 unspecified atom stereocenters. The van der Waals surface area contributed by atoms with Gasteiger partial charge in [-0.3, -0.25) is 9.79 Å². The Morgan fingerprint density at radius 3 is 2.70 bits per heavy atom. The largest absolute Gasteiger partial charge is 0.481 e. The second-order valence-electron chi connectivity index (χ2n) is 5.88. The molecule has 3 aromatic rings. The number of carbonyl (C=O) groups is 2. The molecule has 27 heavy (non-hydrogen) atoms. The highest BCUT2D eigenvalue weighted by Gasteiger charge is 2.16. The number of aromatic nitrogens is 3. The average Bonchev–Trinajstić information content (AvgIpc) is 3.35. The van der Waals surface area contributed by atoms with Gasteiger partial charge in [0.1, 0.15) is 12.2 Å². The Balaban J connectivity index is 1.56. The van der Waals surface area contributed by atoms with Crippen LogP contribution in [-0.2, 0) is 11.2 Å². The fraction of sp³-hybridized carbons (Fsp3) is 0.167. The fourth-order valence-corrected chi connectivity index (χ4v) is 2.82. The number of aliphatic carboxylic acids is 1. The van der Waals surface area contributed by atoms with Crippen molar-refractivity contribution in [3.8, 4) is 5.75 Å². The van der Waals surface area contributed by atoms with Crippen molar-refractivity contribution >= 4 is 23.4 Å². The van der Waals surface area contributed by atoms with Gasteiger partial charge in [0, 0.05) is 12.1 Å². The summed E-state index contributed by atoms with van der Waals surface area (Å²) < 4.78 is 6.79. The molecule has 0 spiro atoms. The van der Waals surface area contributed by atoms with Gasteiger partial charge in [-0.2, -0.15) is 5.10 Å². The fourth-order valence-electron chi connectivity index (χ4n) is 2.82. The second kappa shape index (κ2) is 6.87. The zero-order chi connectivity index (χ0) is 18.8. The number of esters is 1. The number of benzene rings is 1. The van der Waals surface area contributed by atoms with E-state index in [4.69, 9.17) is 9.84 Å². The maximum Gasteiger partial charge on any atom is 0.343 e.